The molecule has 2 N–H and O–H groups in total. The van der Waals surface area contributed by atoms with Crippen LogP contribution in [0.1, 0.15) is 31.4 Å². The van der Waals surface area contributed by atoms with E-state index in [9.17, 15) is 0 Å². The summed E-state index contributed by atoms with van der Waals surface area (Å²) in [4.78, 5) is 0. The molecule has 0 amide bonds. The van der Waals surface area contributed by atoms with Gasteiger partial charge in [-0.15, -0.1) is 0 Å². The van der Waals surface area contributed by atoms with Gasteiger partial charge < -0.3 is 15.2 Å². The molecule has 0 bridgehead atoms. The Labute approximate surface area is 102 Å². The monoisotopic (exact) mass is 237 g/mol. The molecule has 1 aromatic rings. The van der Waals surface area contributed by atoms with E-state index in [-0.39, 0.29) is 0 Å². The SMILES string of the molecule is Cn1cccc1CNC(=S)NC1CCCC1. The second-order valence-corrected chi connectivity index (χ2v) is 4.83. The van der Waals surface area contributed by atoms with Gasteiger partial charge in [0.1, 0.15) is 0 Å². The molecule has 1 fully saturated rings. The van der Waals surface area contributed by atoms with Gasteiger partial charge in [-0.1, -0.05) is 12.8 Å². The van der Waals surface area contributed by atoms with Gasteiger partial charge in [-0.05, 0) is 37.2 Å². The van der Waals surface area contributed by atoms with Gasteiger partial charge >= 0.3 is 0 Å². The molecule has 0 spiro atoms. The molecule has 2 rings (SSSR count). The molecule has 0 atom stereocenters. The minimum atomic E-state index is 0.591. The van der Waals surface area contributed by atoms with Gasteiger partial charge in [0, 0.05) is 25.0 Å². The average molecular weight is 237 g/mol. The maximum atomic E-state index is 5.28. The fraction of sp³-hybridized carbons (Fsp3) is 0.583. The van der Waals surface area contributed by atoms with Gasteiger partial charge in [0.2, 0.25) is 0 Å². The molecule has 88 valence electrons. The Hall–Kier alpha value is -1.03. The largest absolute Gasteiger partial charge is 0.360 e. The van der Waals surface area contributed by atoms with Crippen LogP contribution in [0.4, 0.5) is 0 Å². The number of aromatic nitrogens is 1. The van der Waals surface area contributed by atoms with Crippen LogP contribution in [-0.4, -0.2) is 15.7 Å². The lowest BCUT2D eigenvalue weighted by Crippen LogP contribution is -2.40. The summed E-state index contributed by atoms with van der Waals surface area (Å²) in [5.41, 5.74) is 1.25. The third-order valence-electron chi connectivity index (χ3n) is 3.17. The van der Waals surface area contributed by atoms with E-state index in [1.807, 2.05) is 19.3 Å². The van der Waals surface area contributed by atoms with Gasteiger partial charge in [-0.3, -0.25) is 0 Å². The second kappa shape index (κ2) is 5.34. The van der Waals surface area contributed by atoms with Crippen molar-refractivity contribution in [2.24, 2.45) is 7.05 Å². The highest BCUT2D eigenvalue weighted by Gasteiger charge is 2.15. The minimum Gasteiger partial charge on any atom is -0.360 e. The van der Waals surface area contributed by atoms with Crippen molar-refractivity contribution in [1.29, 1.82) is 0 Å². The Balaban J connectivity index is 1.73. The molecule has 1 saturated carbocycles. The lowest BCUT2D eigenvalue weighted by molar-refractivity contribution is 0.619. The van der Waals surface area contributed by atoms with Crippen LogP contribution in [0.25, 0.3) is 0 Å². The fourth-order valence-corrected chi connectivity index (χ4v) is 2.40. The summed E-state index contributed by atoms with van der Waals surface area (Å²) in [5.74, 6) is 0. The van der Waals surface area contributed by atoms with Gasteiger partial charge in [0.25, 0.3) is 0 Å². The van der Waals surface area contributed by atoms with Crippen molar-refractivity contribution in [3.8, 4) is 0 Å². The quantitative estimate of drug-likeness (QED) is 0.787. The van der Waals surface area contributed by atoms with Crippen LogP contribution in [0.2, 0.25) is 0 Å². The van der Waals surface area contributed by atoms with Crippen LogP contribution in [-0.2, 0) is 13.6 Å². The molecule has 3 nitrogen and oxygen atoms in total. The zero-order valence-electron chi connectivity index (χ0n) is 9.70. The van der Waals surface area contributed by atoms with Gasteiger partial charge in [-0.2, -0.15) is 0 Å². The Kier molecular flexibility index (Phi) is 3.83. The molecule has 0 aromatic carbocycles. The van der Waals surface area contributed by atoms with E-state index < -0.39 is 0 Å². The maximum absolute atomic E-state index is 5.28. The maximum Gasteiger partial charge on any atom is 0.166 e. The number of nitrogens with zero attached hydrogens (tertiary/aromatic N) is 1. The first-order chi connectivity index (χ1) is 7.75. The molecule has 0 radical (unpaired) electrons. The van der Waals surface area contributed by atoms with E-state index in [1.54, 1.807) is 0 Å². The summed E-state index contributed by atoms with van der Waals surface area (Å²) in [6, 6.07) is 4.74. The van der Waals surface area contributed by atoms with Crippen LogP contribution in [0.5, 0.6) is 0 Å². The fourth-order valence-electron chi connectivity index (χ4n) is 2.16. The zero-order chi connectivity index (χ0) is 11.4. The van der Waals surface area contributed by atoms with Crippen molar-refractivity contribution in [3.05, 3.63) is 24.0 Å². The first-order valence-corrected chi connectivity index (χ1v) is 6.31. The van der Waals surface area contributed by atoms with Crippen LogP contribution in [0, 0.1) is 0 Å². The molecule has 1 aliphatic rings. The van der Waals surface area contributed by atoms with E-state index in [0.29, 0.717) is 6.04 Å². The van der Waals surface area contributed by atoms with Crippen molar-refractivity contribution in [3.63, 3.8) is 0 Å². The van der Waals surface area contributed by atoms with E-state index in [1.165, 1.54) is 31.4 Å². The highest BCUT2D eigenvalue weighted by molar-refractivity contribution is 7.80. The molecule has 0 unspecified atom stereocenters. The molecule has 16 heavy (non-hydrogen) atoms. The molecule has 1 aromatic heterocycles. The number of thiocarbonyl (C=S) groups is 1. The lowest BCUT2D eigenvalue weighted by Gasteiger charge is -2.15. The minimum absolute atomic E-state index is 0.591. The number of rotatable bonds is 3. The smallest absolute Gasteiger partial charge is 0.166 e. The predicted octanol–water partition coefficient (Wildman–Crippen LogP) is 1.93. The molecule has 4 heteroatoms. The molecule has 1 heterocycles. The van der Waals surface area contributed by atoms with Crippen molar-refractivity contribution >= 4 is 17.3 Å². The van der Waals surface area contributed by atoms with Crippen molar-refractivity contribution in [2.75, 3.05) is 0 Å². The number of nitrogens with one attached hydrogen (secondary N) is 2. The summed E-state index contributed by atoms with van der Waals surface area (Å²) in [6.07, 6.45) is 7.22. The lowest BCUT2D eigenvalue weighted by atomic mass is 10.3. The molecular formula is C12H19N3S. The van der Waals surface area contributed by atoms with Crippen LogP contribution in [0.15, 0.2) is 18.3 Å². The Bertz CT molecular complexity index is 353. The van der Waals surface area contributed by atoms with E-state index >= 15 is 0 Å². The average Bonchev–Trinajstić information content (AvgIpc) is 2.87. The summed E-state index contributed by atoms with van der Waals surface area (Å²) >= 11 is 5.28. The molecule has 0 saturated heterocycles. The van der Waals surface area contributed by atoms with E-state index in [0.717, 1.165) is 11.7 Å². The summed E-state index contributed by atoms with van der Waals surface area (Å²) in [5, 5.41) is 7.41. The van der Waals surface area contributed by atoms with Crippen molar-refractivity contribution < 1.29 is 0 Å². The standard InChI is InChI=1S/C12H19N3S/c1-15-8-4-7-11(15)9-13-12(16)14-10-5-2-3-6-10/h4,7-8,10H,2-3,5-6,9H2,1H3,(H2,13,14,16). The van der Waals surface area contributed by atoms with Crippen LogP contribution >= 0.6 is 12.2 Å². The normalized spacial score (nSPS) is 16.3. The molecule has 0 aliphatic heterocycles. The van der Waals surface area contributed by atoms with E-state index in [2.05, 4.69) is 21.3 Å². The van der Waals surface area contributed by atoms with Gasteiger partial charge in [0.15, 0.2) is 5.11 Å². The van der Waals surface area contributed by atoms with Gasteiger partial charge in [0.05, 0.1) is 6.54 Å². The number of hydrogen-bond acceptors (Lipinski definition) is 1. The Morgan fingerprint density at radius 1 is 1.50 bits per heavy atom. The van der Waals surface area contributed by atoms with Gasteiger partial charge in [-0.25, -0.2) is 0 Å². The zero-order valence-corrected chi connectivity index (χ0v) is 10.5. The summed E-state index contributed by atoms with van der Waals surface area (Å²) < 4.78 is 2.10. The summed E-state index contributed by atoms with van der Waals surface area (Å²) in [7, 11) is 2.05. The predicted molar refractivity (Wildman–Crippen MR) is 70.2 cm³/mol. The first kappa shape index (κ1) is 11.5. The highest BCUT2D eigenvalue weighted by Crippen LogP contribution is 2.17. The third-order valence-corrected chi connectivity index (χ3v) is 3.43. The van der Waals surface area contributed by atoms with Crippen molar-refractivity contribution in [1.82, 2.24) is 15.2 Å². The first-order valence-electron chi connectivity index (χ1n) is 5.90. The highest BCUT2D eigenvalue weighted by atomic mass is 32.1. The third kappa shape index (κ3) is 2.98. The van der Waals surface area contributed by atoms with E-state index in [4.69, 9.17) is 12.2 Å². The number of aryl methyl sites for hydroxylation is 1. The van der Waals surface area contributed by atoms with Crippen molar-refractivity contribution in [2.45, 2.75) is 38.3 Å². The molecular weight excluding hydrogens is 218 g/mol. The number of hydrogen-bond donors (Lipinski definition) is 2. The Morgan fingerprint density at radius 2 is 2.25 bits per heavy atom. The summed E-state index contributed by atoms with van der Waals surface area (Å²) in [6.45, 7) is 0.794. The topological polar surface area (TPSA) is 29.0 Å². The van der Waals surface area contributed by atoms with Crippen LogP contribution in [0.3, 0.4) is 0 Å². The molecule has 1 aliphatic carbocycles. The van der Waals surface area contributed by atoms with Crippen LogP contribution < -0.4 is 10.6 Å². The second-order valence-electron chi connectivity index (χ2n) is 4.42. The Morgan fingerprint density at radius 3 is 2.88 bits per heavy atom.